The molecule has 1 saturated heterocycles. The van der Waals surface area contributed by atoms with Gasteiger partial charge in [0.05, 0.1) is 0 Å². The third kappa shape index (κ3) is 1.89. The second kappa shape index (κ2) is 4.70. The molecular formula is C17H25N. The Balaban J connectivity index is 1.67. The van der Waals surface area contributed by atoms with Gasteiger partial charge in [-0.15, -0.1) is 0 Å². The fraction of sp³-hybridized carbons (Fsp3) is 0.647. The van der Waals surface area contributed by atoms with E-state index < -0.39 is 0 Å². The van der Waals surface area contributed by atoms with Crippen molar-refractivity contribution in [1.29, 1.82) is 0 Å². The third-order valence-corrected chi connectivity index (χ3v) is 5.54. The van der Waals surface area contributed by atoms with Crippen molar-refractivity contribution >= 4 is 0 Å². The van der Waals surface area contributed by atoms with E-state index in [2.05, 4.69) is 49.1 Å². The first-order valence-corrected chi connectivity index (χ1v) is 7.51. The molecule has 0 aromatic heterocycles. The van der Waals surface area contributed by atoms with Gasteiger partial charge in [0, 0.05) is 19.6 Å². The smallest absolute Gasteiger partial charge is 0.0234 e. The van der Waals surface area contributed by atoms with Crippen LogP contribution in [-0.2, 0) is 6.54 Å². The van der Waals surface area contributed by atoms with E-state index in [-0.39, 0.29) is 0 Å². The molecule has 98 valence electrons. The van der Waals surface area contributed by atoms with Crippen molar-refractivity contribution in [3.8, 4) is 0 Å². The zero-order valence-electron chi connectivity index (χ0n) is 11.7. The summed E-state index contributed by atoms with van der Waals surface area (Å²) >= 11 is 0. The number of hydrogen-bond donors (Lipinski definition) is 0. The molecule has 2 aliphatic rings. The average molecular weight is 243 g/mol. The first-order valence-electron chi connectivity index (χ1n) is 7.51. The lowest BCUT2D eigenvalue weighted by Gasteiger charge is -2.50. The third-order valence-electron chi connectivity index (χ3n) is 5.54. The van der Waals surface area contributed by atoms with Gasteiger partial charge in [-0.25, -0.2) is 0 Å². The van der Waals surface area contributed by atoms with Gasteiger partial charge in [0.1, 0.15) is 0 Å². The van der Waals surface area contributed by atoms with E-state index in [1.54, 1.807) is 0 Å². The molecule has 1 aliphatic heterocycles. The maximum atomic E-state index is 2.68. The molecule has 0 bridgehead atoms. The standard InChI is InChI=1S/C17H25N/c1-3-16-9-10-17(16)13-18(11-14(17)2)12-15-7-5-4-6-8-15/h4-8,14,16H,3,9-13H2,1-2H3/t14?,16-,17?/m1/s1. The molecule has 2 unspecified atom stereocenters. The zero-order valence-corrected chi connectivity index (χ0v) is 11.7. The topological polar surface area (TPSA) is 3.24 Å². The number of likely N-dealkylation sites (tertiary alicyclic amines) is 1. The molecule has 0 amide bonds. The van der Waals surface area contributed by atoms with E-state index in [9.17, 15) is 0 Å². The summed E-state index contributed by atoms with van der Waals surface area (Å²) in [5, 5.41) is 0. The highest BCUT2D eigenvalue weighted by atomic mass is 15.2. The van der Waals surface area contributed by atoms with Crippen molar-refractivity contribution in [2.45, 2.75) is 39.7 Å². The van der Waals surface area contributed by atoms with E-state index in [0.717, 1.165) is 18.4 Å². The van der Waals surface area contributed by atoms with Gasteiger partial charge in [-0.05, 0) is 35.7 Å². The summed E-state index contributed by atoms with van der Waals surface area (Å²) < 4.78 is 0. The summed E-state index contributed by atoms with van der Waals surface area (Å²) in [6, 6.07) is 10.9. The Bertz CT molecular complexity index is 397. The van der Waals surface area contributed by atoms with Crippen LogP contribution in [0.15, 0.2) is 30.3 Å². The van der Waals surface area contributed by atoms with Crippen molar-refractivity contribution < 1.29 is 0 Å². The molecule has 1 aliphatic carbocycles. The molecule has 1 heteroatoms. The number of hydrogen-bond acceptors (Lipinski definition) is 1. The molecular weight excluding hydrogens is 218 g/mol. The van der Waals surface area contributed by atoms with Crippen LogP contribution in [-0.4, -0.2) is 18.0 Å². The Morgan fingerprint density at radius 3 is 2.67 bits per heavy atom. The summed E-state index contributed by atoms with van der Waals surface area (Å²) in [6.07, 6.45) is 4.32. The molecule has 3 atom stereocenters. The van der Waals surface area contributed by atoms with Crippen molar-refractivity contribution in [3.63, 3.8) is 0 Å². The van der Waals surface area contributed by atoms with Crippen LogP contribution in [0, 0.1) is 17.3 Å². The summed E-state index contributed by atoms with van der Waals surface area (Å²) in [6.45, 7) is 8.63. The molecule has 1 nitrogen and oxygen atoms in total. The predicted octanol–water partition coefficient (Wildman–Crippen LogP) is 3.94. The Hall–Kier alpha value is -0.820. The minimum atomic E-state index is 0.670. The Morgan fingerprint density at radius 2 is 2.06 bits per heavy atom. The fourth-order valence-corrected chi connectivity index (χ4v) is 4.35. The van der Waals surface area contributed by atoms with Gasteiger partial charge < -0.3 is 0 Å². The van der Waals surface area contributed by atoms with E-state index in [1.165, 1.54) is 37.9 Å². The second-order valence-corrected chi connectivity index (χ2v) is 6.43. The largest absolute Gasteiger partial charge is 0.298 e. The van der Waals surface area contributed by atoms with E-state index >= 15 is 0 Å². The van der Waals surface area contributed by atoms with Crippen LogP contribution in [0.1, 0.15) is 38.7 Å². The minimum Gasteiger partial charge on any atom is -0.298 e. The van der Waals surface area contributed by atoms with Crippen LogP contribution in [0.5, 0.6) is 0 Å². The van der Waals surface area contributed by atoms with Crippen molar-refractivity contribution in [2.24, 2.45) is 17.3 Å². The Labute approximate surface area is 111 Å². The van der Waals surface area contributed by atoms with E-state index in [0.29, 0.717) is 5.41 Å². The molecule has 1 aromatic rings. The quantitative estimate of drug-likeness (QED) is 0.777. The number of nitrogens with zero attached hydrogens (tertiary/aromatic N) is 1. The van der Waals surface area contributed by atoms with E-state index in [4.69, 9.17) is 0 Å². The lowest BCUT2D eigenvalue weighted by atomic mass is 9.55. The van der Waals surface area contributed by atoms with Crippen LogP contribution < -0.4 is 0 Å². The zero-order chi connectivity index (χ0) is 12.6. The summed E-state index contributed by atoms with van der Waals surface area (Å²) in [7, 11) is 0. The normalized spacial score (nSPS) is 35.9. The summed E-state index contributed by atoms with van der Waals surface area (Å²) in [4.78, 5) is 2.68. The first kappa shape index (κ1) is 12.2. The van der Waals surface area contributed by atoms with Gasteiger partial charge in [0.25, 0.3) is 0 Å². The maximum Gasteiger partial charge on any atom is 0.0234 e. The lowest BCUT2D eigenvalue weighted by molar-refractivity contribution is 0.00246. The maximum absolute atomic E-state index is 2.68. The fourth-order valence-electron chi connectivity index (χ4n) is 4.35. The van der Waals surface area contributed by atoms with Crippen LogP contribution >= 0.6 is 0 Å². The van der Waals surface area contributed by atoms with Gasteiger partial charge in [0.2, 0.25) is 0 Å². The molecule has 1 heterocycles. The predicted molar refractivity (Wildman–Crippen MR) is 76.3 cm³/mol. The second-order valence-electron chi connectivity index (χ2n) is 6.43. The van der Waals surface area contributed by atoms with Crippen LogP contribution in [0.25, 0.3) is 0 Å². The molecule has 3 rings (SSSR count). The van der Waals surface area contributed by atoms with Crippen LogP contribution in [0.4, 0.5) is 0 Å². The van der Waals surface area contributed by atoms with Gasteiger partial charge >= 0.3 is 0 Å². The lowest BCUT2D eigenvalue weighted by Crippen LogP contribution is -2.45. The van der Waals surface area contributed by atoms with Crippen molar-refractivity contribution in [2.75, 3.05) is 13.1 Å². The SMILES string of the molecule is CC[C@@H]1CCC12CN(Cc1ccccc1)CC2C. The highest BCUT2D eigenvalue weighted by Gasteiger charge is 2.53. The first-order chi connectivity index (χ1) is 8.74. The summed E-state index contributed by atoms with van der Waals surface area (Å²) in [5.41, 5.74) is 2.14. The van der Waals surface area contributed by atoms with Crippen molar-refractivity contribution in [3.05, 3.63) is 35.9 Å². The molecule has 0 N–H and O–H groups in total. The number of benzene rings is 1. The minimum absolute atomic E-state index is 0.670. The Morgan fingerprint density at radius 1 is 1.28 bits per heavy atom. The Kier molecular flexibility index (Phi) is 3.19. The molecule has 1 saturated carbocycles. The highest BCUT2D eigenvalue weighted by molar-refractivity contribution is 5.15. The molecule has 2 fully saturated rings. The average Bonchev–Trinajstić information content (AvgIpc) is 2.69. The van der Waals surface area contributed by atoms with Crippen molar-refractivity contribution in [1.82, 2.24) is 4.90 Å². The molecule has 0 radical (unpaired) electrons. The highest BCUT2D eigenvalue weighted by Crippen LogP contribution is 2.57. The summed E-state index contributed by atoms with van der Waals surface area (Å²) in [5.74, 6) is 1.88. The van der Waals surface area contributed by atoms with Gasteiger partial charge in [-0.3, -0.25) is 4.90 Å². The van der Waals surface area contributed by atoms with Crippen LogP contribution in [0.3, 0.4) is 0 Å². The van der Waals surface area contributed by atoms with E-state index in [1.807, 2.05) is 0 Å². The van der Waals surface area contributed by atoms with Gasteiger partial charge in [-0.1, -0.05) is 50.6 Å². The molecule has 1 spiro atoms. The van der Waals surface area contributed by atoms with Gasteiger partial charge in [-0.2, -0.15) is 0 Å². The monoisotopic (exact) mass is 243 g/mol. The van der Waals surface area contributed by atoms with Gasteiger partial charge in [0.15, 0.2) is 0 Å². The molecule has 1 aromatic carbocycles. The van der Waals surface area contributed by atoms with Crippen LogP contribution in [0.2, 0.25) is 0 Å². The number of rotatable bonds is 3. The molecule has 18 heavy (non-hydrogen) atoms.